The first-order valence-corrected chi connectivity index (χ1v) is 8.99. The first-order valence-electron chi connectivity index (χ1n) is 8.99. The van der Waals surface area contributed by atoms with Crippen LogP contribution in [0, 0.1) is 11.7 Å². The highest BCUT2D eigenvalue weighted by atomic mass is 19.3. The van der Waals surface area contributed by atoms with Crippen LogP contribution in [0.4, 0.5) is 13.2 Å². The van der Waals surface area contributed by atoms with Gasteiger partial charge in [0.1, 0.15) is 17.6 Å². The van der Waals surface area contributed by atoms with Crippen LogP contribution in [-0.2, 0) is 17.6 Å². The molecule has 1 aromatic carbocycles. The minimum Gasteiger partial charge on any atom is -0.471 e. The summed E-state index contributed by atoms with van der Waals surface area (Å²) in [5, 5.41) is 0. The Morgan fingerprint density at radius 2 is 2.11 bits per heavy atom. The van der Waals surface area contributed by atoms with E-state index in [-0.39, 0.29) is 24.1 Å². The Morgan fingerprint density at radius 1 is 1.36 bits per heavy atom. The number of alkyl halides is 2. The summed E-state index contributed by atoms with van der Waals surface area (Å²) in [6, 6.07) is 6.34. The fraction of sp³-hybridized carbons (Fsp3) is 0.400. The first-order chi connectivity index (χ1) is 13.3. The smallest absolute Gasteiger partial charge is 0.345 e. The molecule has 5 nitrogen and oxygen atoms in total. The van der Waals surface area contributed by atoms with Crippen molar-refractivity contribution in [2.24, 2.45) is 11.7 Å². The predicted octanol–water partition coefficient (Wildman–Crippen LogP) is 3.73. The molecule has 0 radical (unpaired) electrons. The average Bonchev–Trinajstić information content (AvgIpc) is 2.65. The second-order valence-electron chi connectivity index (χ2n) is 6.80. The van der Waals surface area contributed by atoms with Crippen molar-refractivity contribution in [2.45, 2.75) is 39.4 Å². The van der Waals surface area contributed by atoms with Crippen LogP contribution in [0.5, 0.6) is 5.88 Å². The van der Waals surface area contributed by atoms with Gasteiger partial charge in [-0.25, -0.2) is 9.37 Å². The Hall–Kier alpha value is -2.61. The van der Waals surface area contributed by atoms with Crippen LogP contribution >= 0.6 is 0 Å². The van der Waals surface area contributed by atoms with Crippen LogP contribution in [0.25, 0.3) is 11.1 Å². The second kappa shape index (κ2) is 8.18. The van der Waals surface area contributed by atoms with Crippen LogP contribution in [0.3, 0.4) is 0 Å². The van der Waals surface area contributed by atoms with E-state index in [0.717, 1.165) is 5.56 Å². The minimum atomic E-state index is -2.91. The summed E-state index contributed by atoms with van der Waals surface area (Å²) in [6.07, 6.45) is 0.421. The zero-order chi connectivity index (χ0) is 20.4. The minimum absolute atomic E-state index is 0.0872. The van der Waals surface area contributed by atoms with E-state index in [2.05, 4.69) is 9.72 Å². The number of nitrogens with zero attached hydrogens (tertiary/aromatic N) is 1. The van der Waals surface area contributed by atoms with Crippen LogP contribution < -0.4 is 10.5 Å². The lowest BCUT2D eigenvalue weighted by molar-refractivity contribution is -0.150. The summed E-state index contributed by atoms with van der Waals surface area (Å²) >= 11 is 0. The molecule has 0 saturated heterocycles. The molecule has 0 bridgehead atoms. The predicted molar refractivity (Wildman–Crippen MR) is 96.8 cm³/mol. The van der Waals surface area contributed by atoms with Crippen molar-refractivity contribution in [3.05, 3.63) is 46.9 Å². The number of aryl methyl sites for hydroxylation is 1. The molecule has 0 spiro atoms. The third-order valence-corrected chi connectivity index (χ3v) is 4.88. The summed E-state index contributed by atoms with van der Waals surface area (Å²) in [7, 11) is 0. The molecular formula is C20H21F3N2O3. The van der Waals surface area contributed by atoms with E-state index in [1.165, 1.54) is 12.1 Å². The summed E-state index contributed by atoms with van der Waals surface area (Å²) in [6.45, 7) is 0.509. The van der Waals surface area contributed by atoms with Crippen LogP contribution in [0.15, 0.2) is 24.3 Å². The fourth-order valence-corrected chi connectivity index (χ4v) is 3.29. The number of amides is 1. The van der Waals surface area contributed by atoms with E-state index in [0.29, 0.717) is 29.5 Å². The quantitative estimate of drug-likeness (QED) is 0.810. The molecule has 0 fully saturated rings. The van der Waals surface area contributed by atoms with Crippen molar-refractivity contribution in [2.75, 3.05) is 6.61 Å². The van der Waals surface area contributed by atoms with Gasteiger partial charge in [0.2, 0.25) is 5.88 Å². The molecule has 0 unspecified atom stereocenters. The molecule has 0 aliphatic carbocycles. The molecule has 2 aromatic rings. The number of nitrogens with two attached hydrogens (primary N) is 1. The maximum Gasteiger partial charge on any atom is 0.345 e. The van der Waals surface area contributed by atoms with Crippen molar-refractivity contribution >= 4 is 5.91 Å². The van der Waals surface area contributed by atoms with Crippen molar-refractivity contribution in [3.8, 4) is 17.0 Å². The molecular weight excluding hydrogens is 373 g/mol. The maximum atomic E-state index is 14.7. The number of fused-ring (bicyclic) bond motifs is 1. The van der Waals surface area contributed by atoms with Crippen LogP contribution in [-0.4, -0.2) is 30.2 Å². The molecule has 2 heterocycles. The number of halogens is 3. The maximum absolute atomic E-state index is 14.7. The Morgan fingerprint density at radius 3 is 2.71 bits per heavy atom. The van der Waals surface area contributed by atoms with Gasteiger partial charge in [-0.05, 0) is 42.0 Å². The van der Waals surface area contributed by atoms with Gasteiger partial charge < -0.3 is 15.2 Å². The lowest BCUT2D eigenvalue weighted by Crippen LogP contribution is -2.36. The van der Waals surface area contributed by atoms with E-state index in [9.17, 15) is 18.0 Å². The first kappa shape index (κ1) is 20.1. The number of primary amides is 1. The molecule has 8 heteroatoms. The number of benzene rings is 1. The largest absolute Gasteiger partial charge is 0.471 e. The van der Waals surface area contributed by atoms with E-state index in [4.69, 9.17) is 10.5 Å². The van der Waals surface area contributed by atoms with Gasteiger partial charge in [-0.15, -0.1) is 0 Å². The Labute approximate surface area is 160 Å². The summed E-state index contributed by atoms with van der Waals surface area (Å²) in [5.74, 6) is -1.31. The van der Waals surface area contributed by atoms with Crippen molar-refractivity contribution in [1.82, 2.24) is 4.98 Å². The molecule has 28 heavy (non-hydrogen) atoms. The average molecular weight is 394 g/mol. The number of ether oxygens (including phenoxy) is 2. The monoisotopic (exact) mass is 394 g/mol. The third-order valence-electron chi connectivity index (χ3n) is 4.88. The molecule has 150 valence electrons. The highest BCUT2D eigenvalue weighted by Crippen LogP contribution is 2.38. The van der Waals surface area contributed by atoms with Gasteiger partial charge in [-0.1, -0.05) is 26.0 Å². The number of aromatic nitrogens is 1. The van der Waals surface area contributed by atoms with Gasteiger partial charge in [0, 0.05) is 11.1 Å². The van der Waals surface area contributed by atoms with Gasteiger partial charge >= 0.3 is 6.61 Å². The second-order valence-corrected chi connectivity index (χ2v) is 6.80. The molecule has 1 amide bonds. The Bertz CT molecular complexity index is 889. The normalized spacial score (nSPS) is 18.6. The van der Waals surface area contributed by atoms with Gasteiger partial charge in [-0.3, -0.25) is 4.79 Å². The number of carbonyl (C=O) groups is 1. The summed E-state index contributed by atoms with van der Waals surface area (Å²) in [4.78, 5) is 15.8. The molecule has 0 saturated carbocycles. The summed E-state index contributed by atoms with van der Waals surface area (Å²) in [5.41, 5.74) is 7.48. The van der Waals surface area contributed by atoms with Gasteiger partial charge in [0.25, 0.3) is 5.91 Å². The van der Waals surface area contributed by atoms with Crippen molar-refractivity contribution in [3.63, 3.8) is 0 Å². The molecule has 3 rings (SSSR count). The third kappa shape index (κ3) is 4.11. The molecule has 2 N–H and O–H groups in total. The summed E-state index contributed by atoms with van der Waals surface area (Å²) < 4.78 is 49.6. The zero-order valence-corrected chi connectivity index (χ0v) is 15.5. The number of hydrogen-bond acceptors (Lipinski definition) is 4. The van der Waals surface area contributed by atoms with Crippen molar-refractivity contribution < 1.29 is 27.4 Å². The van der Waals surface area contributed by atoms with Gasteiger partial charge in [0.15, 0.2) is 0 Å². The molecule has 1 aliphatic rings. The topological polar surface area (TPSA) is 74.4 Å². The SMILES string of the molecule is CCc1ccc(-c2cc(C(N)=O)nc3c2C[C@@H](C)[C@H](COC(F)F)O3)c(F)c1. The number of carbonyl (C=O) groups excluding carboxylic acids is 1. The standard InChI is InChI=1S/C20H21F3N2O3/c1-3-11-4-5-12(15(21)7-11)13-8-16(18(24)26)25-19-14(13)6-10(2)17(28-19)9-27-20(22)23/h4-5,7-8,10,17,20H,3,6,9H2,1-2H3,(H2,24,26)/t10-,17+/m1/s1. The zero-order valence-electron chi connectivity index (χ0n) is 15.5. The van der Waals surface area contributed by atoms with Crippen LogP contribution in [0.2, 0.25) is 0 Å². The van der Waals surface area contributed by atoms with E-state index in [1.807, 2.05) is 19.9 Å². The lowest BCUT2D eigenvalue weighted by Gasteiger charge is -2.32. The number of hydrogen-bond donors (Lipinski definition) is 1. The molecule has 1 aromatic heterocycles. The van der Waals surface area contributed by atoms with Gasteiger partial charge in [0.05, 0.1) is 6.61 Å². The van der Waals surface area contributed by atoms with E-state index in [1.54, 1.807) is 6.07 Å². The fourth-order valence-electron chi connectivity index (χ4n) is 3.29. The molecule has 1 aliphatic heterocycles. The Balaban J connectivity index is 2.06. The van der Waals surface area contributed by atoms with Crippen LogP contribution in [0.1, 0.15) is 35.5 Å². The van der Waals surface area contributed by atoms with E-state index >= 15 is 0 Å². The Kier molecular flexibility index (Phi) is 5.88. The highest BCUT2D eigenvalue weighted by molar-refractivity contribution is 5.93. The van der Waals surface area contributed by atoms with E-state index < -0.39 is 24.4 Å². The number of rotatable bonds is 6. The highest BCUT2D eigenvalue weighted by Gasteiger charge is 2.32. The van der Waals surface area contributed by atoms with Gasteiger partial charge in [-0.2, -0.15) is 8.78 Å². The van der Waals surface area contributed by atoms with Crippen molar-refractivity contribution in [1.29, 1.82) is 0 Å². The molecule has 2 atom stereocenters. The number of pyridine rings is 1. The lowest BCUT2D eigenvalue weighted by atomic mass is 9.88.